The first-order valence-corrected chi connectivity index (χ1v) is 5.89. The van der Waals surface area contributed by atoms with Gasteiger partial charge in [-0.05, 0) is 23.8 Å². The van der Waals surface area contributed by atoms with Gasteiger partial charge in [0.25, 0.3) is 0 Å². The van der Waals surface area contributed by atoms with E-state index in [0.717, 1.165) is 23.0 Å². The molecule has 2 aromatic rings. The maximum Gasteiger partial charge on any atom is 0.0971 e. The molecule has 0 amide bonds. The van der Waals surface area contributed by atoms with E-state index in [1.54, 1.807) is 24.4 Å². The number of benzene rings is 1. The number of halogens is 2. The number of nitrogens with two attached hydrogens (primary N) is 1. The fourth-order valence-corrected chi connectivity index (χ4v) is 2.23. The first kappa shape index (κ1) is 11.8. The molecule has 0 aliphatic heterocycles. The van der Waals surface area contributed by atoms with E-state index in [9.17, 15) is 0 Å². The van der Waals surface area contributed by atoms with E-state index in [-0.39, 0.29) is 6.04 Å². The summed E-state index contributed by atoms with van der Waals surface area (Å²) in [7, 11) is 0. The molecule has 2 rings (SSSR count). The van der Waals surface area contributed by atoms with Crippen LogP contribution in [0.25, 0.3) is 0 Å². The SMILES string of the molecule is NNC(c1cnsn1)c1cc(Cl)ccc1Cl. The summed E-state index contributed by atoms with van der Waals surface area (Å²) in [5.74, 6) is 5.50. The minimum absolute atomic E-state index is 0.301. The van der Waals surface area contributed by atoms with Crippen molar-refractivity contribution in [3.8, 4) is 0 Å². The molecule has 1 aromatic heterocycles. The molecule has 1 aromatic carbocycles. The zero-order valence-electron chi connectivity index (χ0n) is 8.02. The summed E-state index contributed by atoms with van der Waals surface area (Å²) in [6.45, 7) is 0. The number of hydrogen-bond donors (Lipinski definition) is 2. The van der Waals surface area contributed by atoms with Crippen molar-refractivity contribution in [3.63, 3.8) is 0 Å². The van der Waals surface area contributed by atoms with Crippen LogP contribution >= 0.6 is 34.9 Å². The molecule has 1 atom stereocenters. The van der Waals surface area contributed by atoms with E-state index in [4.69, 9.17) is 29.0 Å². The van der Waals surface area contributed by atoms with Gasteiger partial charge in [0.15, 0.2) is 0 Å². The van der Waals surface area contributed by atoms with E-state index >= 15 is 0 Å². The Balaban J connectivity index is 2.44. The van der Waals surface area contributed by atoms with Gasteiger partial charge in [-0.2, -0.15) is 8.75 Å². The molecule has 3 N–H and O–H groups in total. The topological polar surface area (TPSA) is 63.8 Å². The van der Waals surface area contributed by atoms with Crippen LogP contribution in [-0.2, 0) is 0 Å². The Kier molecular flexibility index (Phi) is 3.73. The van der Waals surface area contributed by atoms with Crippen LogP contribution < -0.4 is 11.3 Å². The smallest absolute Gasteiger partial charge is 0.0971 e. The zero-order valence-corrected chi connectivity index (χ0v) is 10.4. The summed E-state index contributed by atoms with van der Waals surface area (Å²) >= 11 is 13.1. The highest BCUT2D eigenvalue weighted by Gasteiger charge is 2.18. The summed E-state index contributed by atoms with van der Waals surface area (Å²) in [4.78, 5) is 0. The van der Waals surface area contributed by atoms with Crippen LogP contribution in [0.4, 0.5) is 0 Å². The summed E-state index contributed by atoms with van der Waals surface area (Å²) in [5, 5.41) is 1.18. The predicted octanol–water partition coefficient (Wildman–Crippen LogP) is 2.40. The Morgan fingerprint density at radius 3 is 2.81 bits per heavy atom. The first-order chi connectivity index (χ1) is 7.72. The molecule has 0 radical (unpaired) electrons. The molecule has 0 spiro atoms. The van der Waals surface area contributed by atoms with Crippen LogP contribution in [0.2, 0.25) is 10.0 Å². The molecule has 84 valence electrons. The van der Waals surface area contributed by atoms with Crippen molar-refractivity contribution < 1.29 is 0 Å². The normalized spacial score (nSPS) is 12.7. The van der Waals surface area contributed by atoms with Crippen LogP contribution in [0.3, 0.4) is 0 Å². The second-order valence-electron chi connectivity index (χ2n) is 3.10. The molecule has 0 aliphatic carbocycles. The third-order valence-corrected chi connectivity index (χ3v) is 3.18. The molecule has 0 aliphatic rings. The zero-order chi connectivity index (χ0) is 11.5. The summed E-state index contributed by atoms with van der Waals surface area (Å²) in [6.07, 6.45) is 1.65. The average molecular weight is 275 g/mol. The van der Waals surface area contributed by atoms with Crippen molar-refractivity contribution in [1.82, 2.24) is 14.2 Å². The lowest BCUT2D eigenvalue weighted by Crippen LogP contribution is -2.29. The van der Waals surface area contributed by atoms with E-state index in [1.165, 1.54) is 0 Å². The number of rotatable bonds is 3. The van der Waals surface area contributed by atoms with E-state index in [0.29, 0.717) is 10.0 Å². The van der Waals surface area contributed by atoms with Gasteiger partial charge in [0.1, 0.15) is 0 Å². The molecule has 1 heterocycles. The van der Waals surface area contributed by atoms with Crippen LogP contribution in [0.5, 0.6) is 0 Å². The van der Waals surface area contributed by atoms with Crippen LogP contribution in [0.1, 0.15) is 17.3 Å². The maximum absolute atomic E-state index is 6.09. The Hall–Kier alpha value is -0.720. The lowest BCUT2D eigenvalue weighted by molar-refractivity contribution is 0.625. The second-order valence-corrected chi connectivity index (χ2v) is 4.50. The van der Waals surface area contributed by atoms with Gasteiger partial charge in [0, 0.05) is 10.0 Å². The average Bonchev–Trinajstić information content (AvgIpc) is 2.78. The van der Waals surface area contributed by atoms with Gasteiger partial charge in [-0.3, -0.25) is 5.84 Å². The van der Waals surface area contributed by atoms with E-state index in [1.807, 2.05) is 0 Å². The summed E-state index contributed by atoms with van der Waals surface area (Å²) in [5.41, 5.74) is 4.15. The van der Waals surface area contributed by atoms with Gasteiger partial charge in [0.2, 0.25) is 0 Å². The minimum Gasteiger partial charge on any atom is -0.271 e. The third-order valence-electron chi connectivity index (χ3n) is 2.11. The Labute approximate surface area is 107 Å². The highest BCUT2D eigenvalue weighted by atomic mass is 35.5. The Morgan fingerprint density at radius 2 is 2.19 bits per heavy atom. The lowest BCUT2D eigenvalue weighted by atomic mass is 10.1. The molecular formula is C9H8Cl2N4S. The van der Waals surface area contributed by atoms with Crippen LogP contribution in [-0.4, -0.2) is 8.75 Å². The molecule has 16 heavy (non-hydrogen) atoms. The van der Waals surface area contributed by atoms with Gasteiger partial charge in [-0.25, -0.2) is 5.43 Å². The monoisotopic (exact) mass is 274 g/mol. The lowest BCUT2D eigenvalue weighted by Gasteiger charge is -2.15. The van der Waals surface area contributed by atoms with Crippen molar-refractivity contribution >= 4 is 34.9 Å². The number of hydrogen-bond acceptors (Lipinski definition) is 5. The largest absolute Gasteiger partial charge is 0.271 e. The van der Waals surface area contributed by atoms with Crippen molar-refractivity contribution in [2.45, 2.75) is 6.04 Å². The van der Waals surface area contributed by atoms with Crippen molar-refractivity contribution in [3.05, 3.63) is 45.7 Å². The van der Waals surface area contributed by atoms with Crippen molar-refractivity contribution in [1.29, 1.82) is 0 Å². The third kappa shape index (κ3) is 2.34. The summed E-state index contributed by atoms with van der Waals surface area (Å²) < 4.78 is 8.05. The number of nitrogens with one attached hydrogen (secondary N) is 1. The van der Waals surface area contributed by atoms with Crippen molar-refractivity contribution in [2.75, 3.05) is 0 Å². The fourth-order valence-electron chi connectivity index (χ4n) is 1.37. The van der Waals surface area contributed by atoms with Gasteiger partial charge < -0.3 is 0 Å². The molecule has 0 bridgehead atoms. The van der Waals surface area contributed by atoms with Gasteiger partial charge in [-0.15, -0.1) is 0 Å². The molecule has 0 saturated heterocycles. The molecular weight excluding hydrogens is 267 g/mol. The quantitative estimate of drug-likeness (QED) is 0.667. The minimum atomic E-state index is -0.301. The van der Waals surface area contributed by atoms with Gasteiger partial charge in [-0.1, -0.05) is 23.2 Å². The molecule has 7 heteroatoms. The van der Waals surface area contributed by atoms with Gasteiger partial charge >= 0.3 is 0 Å². The van der Waals surface area contributed by atoms with Gasteiger partial charge in [0.05, 0.1) is 29.7 Å². The number of aromatic nitrogens is 2. The van der Waals surface area contributed by atoms with E-state index in [2.05, 4.69) is 14.2 Å². The molecule has 1 unspecified atom stereocenters. The molecule has 4 nitrogen and oxygen atoms in total. The highest BCUT2D eigenvalue weighted by molar-refractivity contribution is 6.99. The first-order valence-electron chi connectivity index (χ1n) is 4.41. The Bertz CT molecular complexity index is 474. The second kappa shape index (κ2) is 5.07. The molecule has 0 saturated carbocycles. The fraction of sp³-hybridized carbons (Fsp3) is 0.111. The predicted molar refractivity (Wildman–Crippen MR) is 65.5 cm³/mol. The molecule has 0 fully saturated rings. The standard InChI is InChI=1S/C9H8Cl2N4S/c10-5-1-2-7(11)6(3-5)9(14-12)8-4-13-16-15-8/h1-4,9,14H,12H2. The maximum atomic E-state index is 6.09. The highest BCUT2D eigenvalue weighted by Crippen LogP contribution is 2.29. The Morgan fingerprint density at radius 1 is 1.38 bits per heavy atom. The number of hydrazine groups is 1. The van der Waals surface area contributed by atoms with E-state index < -0.39 is 0 Å². The van der Waals surface area contributed by atoms with Crippen molar-refractivity contribution in [2.24, 2.45) is 5.84 Å². The van der Waals surface area contributed by atoms with Crippen LogP contribution in [0, 0.1) is 0 Å². The summed E-state index contributed by atoms with van der Waals surface area (Å²) in [6, 6.07) is 4.90. The van der Waals surface area contributed by atoms with Crippen LogP contribution in [0.15, 0.2) is 24.4 Å². The number of nitrogens with zero attached hydrogens (tertiary/aromatic N) is 2.